The number of hydrogen-bond donors (Lipinski definition) is 1. The maximum absolute atomic E-state index is 9.47. The Bertz CT molecular complexity index is 639. The van der Waals surface area contributed by atoms with E-state index in [1.165, 1.54) is 0 Å². The molecule has 21 heavy (non-hydrogen) atoms. The van der Waals surface area contributed by atoms with Crippen LogP contribution in [0, 0.1) is 11.3 Å². The summed E-state index contributed by atoms with van der Waals surface area (Å²) in [7, 11) is 0. The number of aryl methyl sites for hydroxylation is 1. The molecule has 0 aliphatic carbocycles. The summed E-state index contributed by atoms with van der Waals surface area (Å²) in [5, 5.41) is 9.47. The molecule has 0 aromatic carbocycles. The van der Waals surface area contributed by atoms with Crippen LogP contribution in [-0.4, -0.2) is 0 Å². The number of nitrogens with one attached hydrogen (secondary N) is 1. The number of nitrogens with two attached hydrogens (primary N) is 1. The lowest BCUT2D eigenvalue weighted by atomic mass is 9.93. The molecule has 0 aliphatic rings. The lowest BCUT2D eigenvalue weighted by Gasteiger charge is -2.12. The fraction of sp³-hybridized carbons (Fsp3) is 0.412. The van der Waals surface area contributed by atoms with Crippen LogP contribution in [0.15, 0.2) is 22.8 Å². The number of H-pyrrole nitrogens is 1. The second-order valence-electron chi connectivity index (χ2n) is 5.19. The van der Waals surface area contributed by atoms with Crippen molar-refractivity contribution in [3.05, 3.63) is 35.2 Å². The van der Waals surface area contributed by atoms with Crippen LogP contribution < -0.4 is 10.7 Å². The Labute approximate surface area is 125 Å². The number of aromatic amines is 1. The summed E-state index contributed by atoms with van der Waals surface area (Å²) in [6, 6.07) is 5.94. The first-order valence-corrected chi connectivity index (χ1v) is 7.53. The van der Waals surface area contributed by atoms with Crippen LogP contribution in [0.1, 0.15) is 49.9 Å². The molecular weight excluding hydrogens is 262 g/mol. The normalized spacial score (nSPS) is 10.5. The van der Waals surface area contributed by atoms with E-state index in [4.69, 9.17) is 10.2 Å². The van der Waals surface area contributed by atoms with Gasteiger partial charge >= 0.3 is 0 Å². The number of nitrogen functional groups attached to an aromatic ring is 1. The van der Waals surface area contributed by atoms with Crippen molar-refractivity contribution in [2.75, 3.05) is 5.73 Å². The summed E-state index contributed by atoms with van der Waals surface area (Å²) in [5.74, 6) is 1.14. The quantitative estimate of drug-likeness (QED) is 0.881. The lowest BCUT2D eigenvalue weighted by Crippen LogP contribution is -2.22. The predicted octanol–water partition coefficient (Wildman–Crippen LogP) is 3.51. The minimum Gasteiger partial charge on any atom is -0.464 e. The summed E-state index contributed by atoms with van der Waals surface area (Å²) in [6.45, 7) is 4.30. The van der Waals surface area contributed by atoms with Crippen molar-refractivity contribution in [3.63, 3.8) is 0 Å². The van der Waals surface area contributed by atoms with Gasteiger partial charge in [-0.3, -0.25) is 5.73 Å². The van der Waals surface area contributed by atoms with E-state index in [0.717, 1.165) is 48.9 Å². The van der Waals surface area contributed by atoms with Gasteiger partial charge in [-0.05, 0) is 25.0 Å². The van der Waals surface area contributed by atoms with Crippen molar-refractivity contribution >= 4 is 5.82 Å². The van der Waals surface area contributed by atoms with Crippen LogP contribution in [0.25, 0.3) is 11.3 Å². The Morgan fingerprint density at radius 3 is 2.67 bits per heavy atom. The molecule has 4 nitrogen and oxygen atoms in total. The summed E-state index contributed by atoms with van der Waals surface area (Å²) in [5.41, 5.74) is 9.67. The van der Waals surface area contributed by atoms with Crippen LogP contribution in [-0.2, 0) is 12.8 Å². The molecule has 0 saturated carbocycles. The van der Waals surface area contributed by atoms with Crippen molar-refractivity contribution in [2.24, 2.45) is 0 Å². The molecule has 4 heteroatoms. The van der Waals surface area contributed by atoms with E-state index in [0.29, 0.717) is 17.1 Å². The van der Waals surface area contributed by atoms with Crippen LogP contribution in [0.3, 0.4) is 0 Å². The number of furan rings is 1. The summed E-state index contributed by atoms with van der Waals surface area (Å²) in [6.07, 6.45) is 6.70. The fourth-order valence-electron chi connectivity index (χ4n) is 2.64. The van der Waals surface area contributed by atoms with Crippen LogP contribution in [0.4, 0.5) is 5.82 Å². The number of unbranched alkanes of at least 4 members (excludes halogenated alkanes) is 1. The van der Waals surface area contributed by atoms with Gasteiger partial charge in [-0.15, -0.1) is 0 Å². The van der Waals surface area contributed by atoms with E-state index in [-0.39, 0.29) is 0 Å². The number of anilines is 1. The zero-order valence-corrected chi connectivity index (χ0v) is 12.7. The average molecular weight is 284 g/mol. The van der Waals surface area contributed by atoms with Crippen molar-refractivity contribution in [2.45, 2.75) is 46.0 Å². The monoisotopic (exact) mass is 284 g/mol. The molecule has 0 amide bonds. The van der Waals surface area contributed by atoms with Gasteiger partial charge in [-0.2, -0.15) is 5.26 Å². The maximum Gasteiger partial charge on any atom is 0.289 e. The maximum atomic E-state index is 9.47. The Kier molecular flexibility index (Phi) is 4.99. The van der Waals surface area contributed by atoms with E-state index in [9.17, 15) is 5.26 Å². The first-order valence-electron chi connectivity index (χ1n) is 7.53. The minimum absolute atomic E-state index is 0.426. The molecule has 0 bridgehead atoms. The van der Waals surface area contributed by atoms with Crippen molar-refractivity contribution < 1.29 is 9.40 Å². The molecule has 0 radical (unpaired) electrons. The van der Waals surface area contributed by atoms with Gasteiger partial charge in [0.1, 0.15) is 17.5 Å². The molecule has 0 unspecified atom stereocenters. The van der Waals surface area contributed by atoms with E-state index < -0.39 is 0 Å². The Morgan fingerprint density at radius 1 is 1.29 bits per heavy atom. The molecule has 0 aliphatic heterocycles. The molecule has 0 fully saturated rings. The van der Waals surface area contributed by atoms with Gasteiger partial charge in [0, 0.05) is 12.0 Å². The van der Waals surface area contributed by atoms with Gasteiger partial charge in [-0.25, -0.2) is 4.98 Å². The van der Waals surface area contributed by atoms with E-state index in [1.54, 1.807) is 6.26 Å². The fourth-order valence-corrected chi connectivity index (χ4v) is 2.64. The second-order valence-corrected chi connectivity index (χ2v) is 5.19. The number of aromatic nitrogens is 1. The molecule has 2 rings (SSSR count). The predicted molar refractivity (Wildman–Crippen MR) is 82.4 cm³/mol. The van der Waals surface area contributed by atoms with Crippen LogP contribution >= 0.6 is 0 Å². The number of nitrogens with zero attached hydrogens (tertiary/aromatic N) is 1. The SMILES string of the molecule is CCCCc1[nH+]c(N)c(C#N)c(-c2ccco2)c1CCC. The third-order valence-corrected chi connectivity index (χ3v) is 3.63. The third kappa shape index (κ3) is 3.08. The molecule has 3 N–H and O–H groups in total. The molecule has 0 saturated heterocycles. The average Bonchev–Trinajstić information content (AvgIpc) is 3.00. The molecule has 2 aromatic heterocycles. The first kappa shape index (κ1) is 15.1. The van der Waals surface area contributed by atoms with Crippen molar-refractivity contribution in [3.8, 4) is 17.4 Å². The van der Waals surface area contributed by atoms with Crippen molar-refractivity contribution in [1.82, 2.24) is 0 Å². The number of hydrogen-bond acceptors (Lipinski definition) is 3. The van der Waals surface area contributed by atoms with Crippen LogP contribution in [0.5, 0.6) is 0 Å². The van der Waals surface area contributed by atoms with E-state index in [2.05, 4.69) is 24.9 Å². The Morgan fingerprint density at radius 2 is 2.10 bits per heavy atom. The largest absolute Gasteiger partial charge is 0.464 e. The van der Waals surface area contributed by atoms with E-state index in [1.807, 2.05) is 12.1 Å². The molecular formula is C17H22N3O+. The Balaban J connectivity index is 2.67. The molecule has 2 aromatic rings. The zero-order valence-electron chi connectivity index (χ0n) is 12.7. The molecule has 2 heterocycles. The first-order chi connectivity index (χ1) is 10.2. The standard InChI is InChI=1S/C17H21N3O/c1-3-5-8-14-12(7-4-2)16(15-9-6-10-21-15)13(11-18)17(19)20-14/h6,9-10H,3-5,7-8H2,1-2H3,(H2,19,20)/p+1. The topological polar surface area (TPSA) is 77.1 Å². The van der Waals surface area contributed by atoms with Gasteiger partial charge in [0.2, 0.25) is 0 Å². The zero-order chi connectivity index (χ0) is 15.2. The number of rotatable bonds is 6. The summed E-state index contributed by atoms with van der Waals surface area (Å²) < 4.78 is 5.54. The second kappa shape index (κ2) is 6.94. The molecule has 0 spiro atoms. The Hall–Kier alpha value is -2.28. The van der Waals surface area contributed by atoms with Crippen LogP contribution in [0.2, 0.25) is 0 Å². The highest BCUT2D eigenvalue weighted by Gasteiger charge is 2.23. The highest BCUT2D eigenvalue weighted by atomic mass is 16.3. The number of nitriles is 1. The highest BCUT2D eigenvalue weighted by molar-refractivity contribution is 5.74. The summed E-state index contributed by atoms with van der Waals surface area (Å²) in [4.78, 5) is 3.23. The highest BCUT2D eigenvalue weighted by Crippen LogP contribution is 2.32. The van der Waals surface area contributed by atoms with Gasteiger partial charge in [0.25, 0.3) is 5.82 Å². The minimum atomic E-state index is 0.426. The smallest absolute Gasteiger partial charge is 0.289 e. The van der Waals surface area contributed by atoms with Crippen molar-refractivity contribution in [1.29, 1.82) is 5.26 Å². The van der Waals surface area contributed by atoms with Gasteiger partial charge < -0.3 is 4.42 Å². The molecule has 110 valence electrons. The number of pyridine rings is 1. The lowest BCUT2D eigenvalue weighted by molar-refractivity contribution is -0.374. The van der Waals surface area contributed by atoms with Gasteiger partial charge in [0.15, 0.2) is 5.56 Å². The van der Waals surface area contributed by atoms with Gasteiger partial charge in [0.05, 0.1) is 11.8 Å². The summed E-state index contributed by atoms with van der Waals surface area (Å²) >= 11 is 0. The van der Waals surface area contributed by atoms with E-state index >= 15 is 0 Å². The molecule has 0 atom stereocenters. The third-order valence-electron chi connectivity index (χ3n) is 3.63. The van der Waals surface area contributed by atoms with Gasteiger partial charge in [-0.1, -0.05) is 26.7 Å².